The summed E-state index contributed by atoms with van der Waals surface area (Å²) in [6, 6.07) is 0. The molecule has 4 nitrogen and oxygen atoms in total. The quantitative estimate of drug-likeness (QED) is 0.545. The lowest BCUT2D eigenvalue weighted by Crippen LogP contribution is -2.02. The number of aromatic nitrogens is 2. The van der Waals surface area contributed by atoms with Gasteiger partial charge in [0.1, 0.15) is 5.01 Å². The Bertz CT molecular complexity index is 274. The summed E-state index contributed by atoms with van der Waals surface area (Å²) < 4.78 is 5.28. The number of aryl methyl sites for hydroxylation is 1. The van der Waals surface area contributed by atoms with Gasteiger partial charge in [0, 0.05) is 0 Å². The van der Waals surface area contributed by atoms with Crippen molar-refractivity contribution in [1.82, 2.24) is 10.2 Å². The van der Waals surface area contributed by atoms with E-state index in [1.807, 2.05) is 6.92 Å². The number of hydrogen-bond donors (Lipinski definition) is 0. The van der Waals surface area contributed by atoms with Gasteiger partial charge in [0.25, 0.3) is 0 Å². The standard InChI is InChI=1S/C6H8N2O2S2/c1-4-7-8-6(12-4)11-3-5(9)10-2/h3H2,1-2H3. The average molecular weight is 204 g/mol. The first-order valence-electron chi connectivity index (χ1n) is 3.22. The second-order valence-corrected chi connectivity index (χ2v) is 4.36. The molecule has 0 aromatic carbocycles. The van der Waals surface area contributed by atoms with Crippen LogP contribution in [0.3, 0.4) is 0 Å². The Labute approximate surface area is 78.3 Å². The minimum Gasteiger partial charge on any atom is -0.468 e. The maximum absolute atomic E-state index is 10.7. The third-order valence-corrected chi connectivity index (χ3v) is 2.99. The highest BCUT2D eigenvalue weighted by molar-refractivity contribution is 8.01. The fourth-order valence-electron chi connectivity index (χ4n) is 0.516. The molecule has 0 amide bonds. The van der Waals surface area contributed by atoms with E-state index in [9.17, 15) is 4.79 Å². The summed E-state index contributed by atoms with van der Waals surface area (Å²) in [5.74, 6) is 0.0540. The lowest BCUT2D eigenvalue weighted by Gasteiger charge is -1.93. The number of carbonyl (C=O) groups is 1. The summed E-state index contributed by atoms with van der Waals surface area (Å²) in [5.41, 5.74) is 0. The lowest BCUT2D eigenvalue weighted by molar-refractivity contribution is -0.137. The van der Waals surface area contributed by atoms with Gasteiger partial charge in [-0.05, 0) is 6.92 Å². The smallest absolute Gasteiger partial charge is 0.316 e. The van der Waals surface area contributed by atoms with Crippen molar-refractivity contribution in [3.8, 4) is 0 Å². The van der Waals surface area contributed by atoms with Crippen LogP contribution in [0.4, 0.5) is 0 Å². The van der Waals surface area contributed by atoms with Crippen LogP contribution in [0.1, 0.15) is 5.01 Å². The summed E-state index contributed by atoms with van der Waals surface area (Å²) in [4.78, 5) is 10.7. The largest absolute Gasteiger partial charge is 0.468 e. The van der Waals surface area contributed by atoms with Crippen LogP contribution in [0.5, 0.6) is 0 Å². The van der Waals surface area contributed by atoms with Crippen molar-refractivity contribution < 1.29 is 9.53 Å². The molecule has 66 valence electrons. The van der Waals surface area contributed by atoms with Crippen LogP contribution in [-0.2, 0) is 9.53 Å². The van der Waals surface area contributed by atoms with Crippen LogP contribution in [0.2, 0.25) is 0 Å². The van der Waals surface area contributed by atoms with Crippen molar-refractivity contribution in [2.45, 2.75) is 11.3 Å². The van der Waals surface area contributed by atoms with Gasteiger partial charge in [-0.25, -0.2) is 0 Å². The van der Waals surface area contributed by atoms with E-state index in [0.29, 0.717) is 5.75 Å². The first-order valence-corrected chi connectivity index (χ1v) is 5.02. The molecule has 0 aliphatic carbocycles. The Morgan fingerprint density at radius 2 is 2.42 bits per heavy atom. The van der Waals surface area contributed by atoms with E-state index in [4.69, 9.17) is 0 Å². The predicted octanol–water partition coefficient (Wildman–Crippen LogP) is 1.11. The molecule has 1 aromatic rings. The molecule has 0 bridgehead atoms. The van der Waals surface area contributed by atoms with E-state index < -0.39 is 0 Å². The van der Waals surface area contributed by atoms with Crippen LogP contribution in [0.25, 0.3) is 0 Å². The molecular formula is C6H8N2O2S2. The zero-order chi connectivity index (χ0) is 8.97. The zero-order valence-electron chi connectivity index (χ0n) is 6.73. The molecule has 0 radical (unpaired) electrons. The highest BCUT2D eigenvalue weighted by Gasteiger charge is 2.05. The second-order valence-electron chi connectivity index (χ2n) is 1.95. The zero-order valence-corrected chi connectivity index (χ0v) is 8.37. The third-order valence-electron chi connectivity index (χ3n) is 1.05. The number of hydrogen-bond acceptors (Lipinski definition) is 6. The van der Waals surface area contributed by atoms with Gasteiger partial charge in [-0.2, -0.15) is 0 Å². The van der Waals surface area contributed by atoms with E-state index in [0.717, 1.165) is 9.35 Å². The highest BCUT2D eigenvalue weighted by Crippen LogP contribution is 2.21. The molecule has 0 saturated carbocycles. The number of methoxy groups -OCH3 is 1. The van der Waals surface area contributed by atoms with E-state index in [-0.39, 0.29) is 5.97 Å². The van der Waals surface area contributed by atoms with Crippen molar-refractivity contribution in [3.63, 3.8) is 0 Å². The van der Waals surface area contributed by atoms with Crippen molar-refractivity contribution in [2.75, 3.05) is 12.9 Å². The summed E-state index contributed by atoms with van der Waals surface area (Å²) in [5, 5.41) is 8.57. The van der Waals surface area contributed by atoms with Gasteiger partial charge in [-0.1, -0.05) is 23.1 Å². The molecular weight excluding hydrogens is 196 g/mol. The molecule has 6 heteroatoms. The van der Waals surface area contributed by atoms with Crippen LogP contribution < -0.4 is 0 Å². The number of carbonyl (C=O) groups excluding carboxylic acids is 1. The molecule has 0 aliphatic rings. The lowest BCUT2D eigenvalue weighted by atomic mass is 10.8. The van der Waals surface area contributed by atoms with Crippen LogP contribution in [-0.4, -0.2) is 29.0 Å². The first kappa shape index (κ1) is 9.47. The second kappa shape index (κ2) is 4.42. The van der Waals surface area contributed by atoms with Crippen LogP contribution in [0.15, 0.2) is 4.34 Å². The summed E-state index contributed by atoms with van der Waals surface area (Å²) in [6.45, 7) is 1.87. The third kappa shape index (κ3) is 2.78. The normalized spacial score (nSPS) is 9.83. The number of ether oxygens (including phenoxy) is 1. The van der Waals surface area contributed by atoms with E-state index in [2.05, 4.69) is 14.9 Å². The fourth-order valence-corrected chi connectivity index (χ4v) is 2.16. The average Bonchev–Trinajstić information content (AvgIpc) is 2.47. The molecule has 0 N–H and O–H groups in total. The monoisotopic (exact) mass is 204 g/mol. The number of rotatable bonds is 3. The first-order chi connectivity index (χ1) is 5.72. The molecule has 1 rings (SSSR count). The molecule has 0 unspecified atom stereocenters. The van der Waals surface area contributed by atoms with Gasteiger partial charge in [0.15, 0.2) is 4.34 Å². The van der Waals surface area contributed by atoms with E-state index in [1.54, 1.807) is 0 Å². The summed E-state index contributed by atoms with van der Waals surface area (Å²) in [7, 11) is 1.37. The van der Waals surface area contributed by atoms with Gasteiger partial charge in [0.2, 0.25) is 0 Å². The molecule has 0 fully saturated rings. The number of nitrogens with zero attached hydrogens (tertiary/aromatic N) is 2. The molecule has 12 heavy (non-hydrogen) atoms. The molecule has 0 atom stereocenters. The van der Waals surface area contributed by atoms with Crippen molar-refractivity contribution in [1.29, 1.82) is 0 Å². The van der Waals surface area contributed by atoms with Crippen molar-refractivity contribution >= 4 is 29.1 Å². The van der Waals surface area contributed by atoms with Crippen LogP contribution in [0, 0.1) is 6.92 Å². The van der Waals surface area contributed by atoms with Gasteiger partial charge < -0.3 is 4.74 Å². The number of esters is 1. The maximum atomic E-state index is 10.7. The molecule has 1 heterocycles. The Hall–Kier alpha value is -0.620. The topological polar surface area (TPSA) is 52.1 Å². The van der Waals surface area contributed by atoms with Crippen molar-refractivity contribution in [3.05, 3.63) is 5.01 Å². The van der Waals surface area contributed by atoms with Gasteiger partial charge in [-0.15, -0.1) is 10.2 Å². The highest BCUT2D eigenvalue weighted by atomic mass is 32.2. The molecule has 0 saturated heterocycles. The van der Waals surface area contributed by atoms with Gasteiger partial charge >= 0.3 is 5.97 Å². The van der Waals surface area contributed by atoms with Gasteiger partial charge in [-0.3, -0.25) is 4.79 Å². The Morgan fingerprint density at radius 3 is 2.92 bits per heavy atom. The Morgan fingerprint density at radius 1 is 1.67 bits per heavy atom. The SMILES string of the molecule is COC(=O)CSc1nnc(C)s1. The Balaban J connectivity index is 2.38. The summed E-state index contributed by atoms with van der Waals surface area (Å²) in [6.07, 6.45) is 0. The summed E-state index contributed by atoms with van der Waals surface area (Å²) >= 11 is 2.82. The molecule has 0 spiro atoms. The Kier molecular flexibility index (Phi) is 3.48. The molecule has 1 aromatic heterocycles. The maximum Gasteiger partial charge on any atom is 0.316 e. The van der Waals surface area contributed by atoms with Gasteiger partial charge in [0.05, 0.1) is 12.9 Å². The minimum absolute atomic E-state index is 0.243. The fraction of sp³-hybridized carbons (Fsp3) is 0.500. The van der Waals surface area contributed by atoms with Crippen molar-refractivity contribution in [2.24, 2.45) is 0 Å². The van der Waals surface area contributed by atoms with E-state index >= 15 is 0 Å². The predicted molar refractivity (Wildman–Crippen MR) is 47.4 cm³/mol. The van der Waals surface area contributed by atoms with Crippen LogP contribution >= 0.6 is 23.1 Å². The molecule has 0 aliphatic heterocycles. The van der Waals surface area contributed by atoms with E-state index in [1.165, 1.54) is 30.2 Å². The number of thioether (sulfide) groups is 1. The minimum atomic E-state index is -0.243.